The summed E-state index contributed by atoms with van der Waals surface area (Å²) in [6, 6.07) is 20.3. The first-order valence-corrected chi connectivity index (χ1v) is 11.6. The van der Waals surface area contributed by atoms with Gasteiger partial charge in [-0.25, -0.2) is 4.68 Å². The Balaban J connectivity index is 1.69. The van der Waals surface area contributed by atoms with Crippen molar-refractivity contribution >= 4 is 22.1 Å². The number of nitro groups is 1. The minimum atomic E-state index is -0.406. The first-order valence-electron chi connectivity index (χ1n) is 11.6. The molecule has 2 heterocycles. The van der Waals surface area contributed by atoms with Gasteiger partial charge >= 0.3 is 0 Å². The number of benzene rings is 3. The maximum absolute atomic E-state index is 13.7. The van der Waals surface area contributed by atoms with E-state index in [4.69, 9.17) is 5.10 Å². The van der Waals surface area contributed by atoms with E-state index in [2.05, 4.69) is 35.8 Å². The molecule has 3 aromatic carbocycles. The second-order valence-corrected chi connectivity index (χ2v) is 9.15. The molecule has 0 bridgehead atoms. The van der Waals surface area contributed by atoms with Gasteiger partial charge in [0.25, 0.3) is 11.2 Å². The molecule has 1 aliphatic heterocycles. The summed E-state index contributed by atoms with van der Waals surface area (Å²) in [5, 5.41) is 17.5. The van der Waals surface area contributed by atoms with Gasteiger partial charge in [0, 0.05) is 48.4 Å². The van der Waals surface area contributed by atoms with Crippen LogP contribution in [0.2, 0.25) is 0 Å². The minimum Gasteiger partial charge on any atom is -0.347 e. The summed E-state index contributed by atoms with van der Waals surface area (Å²) in [5.41, 5.74) is 4.80. The van der Waals surface area contributed by atoms with Crippen molar-refractivity contribution in [2.45, 2.75) is 20.0 Å². The Bertz CT molecular complexity index is 1480. The van der Waals surface area contributed by atoms with Crippen LogP contribution in [-0.2, 0) is 0 Å². The second-order valence-electron chi connectivity index (χ2n) is 9.15. The molecule has 8 nitrogen and oxygen atoms in total. The fourth-order valence-corrected chi connectivity index (χ4v) is 4.68. The Morgan fingerprint density at radius 3 is 2.34 bits per heavy atom. The van der Waals surface area contributed by atoms with Crippen molar-refractivity contribution < 1.29 is 4.92 Å². The maximum atomic E-state index is 13.7. The van der Waals surface area contributed by atoms with Crippen LogP contribution in [0.4, 0.5) is 11.4 Å². The molecular weight excluding hydrogens is 442 g/mol. The molecule has 0 unspecified atom stereocenters. The number of non-ortho nitro benzene ring substituents is 1. The van der Waals surface area contributed by atoms with Crippen LogP contribution in [0, 0.1) is 24.0 Å². The largest absolute Gasteiger partial charge is 0.347 e. The summed E-state index contributed by atoms with van der Waals surface area (Å²) < 4.78 is 1.59. The summed E-state index contributed by atoms with van der Waals surface area (Å²) in [4.78, 5) is 28.7. The molecule has 1 aliphatic rings. The number of likely N-dealkylation sites (N-methyl/N-ethyl adjacent to an activating group) is 1. The van der Waals surface area contributed by atoms with Crippen LogP contribution in [0.25, 0.3) is 22.0 Å². The van der Waals surface area contributed by atoms with E-state index in [1.807, 2.05) is 37.4 Å². The number of nitro benzene ring substituents is 1. The summed E-state index contributed by atoms with van der Waals surface area (Å²) in [5.74, 6) is 0. The highest BCUT2D eigenvalue weighted by molar-refractivity contribution is 5.93. The smallest absolute Gasteiger partial charge is 0.276 e. The second kappa shape index (κ2) is 8.96. The summed E-state index contributed by atoms with van der Waals surface area (Å²) in [6.07, 6.45) is -0.363. The quantitative estimate of drug-likeness (QED) is 0.322. The third-order valence-corrected chi connectivity index (χ3v) is 6.84. The molecule has 5 rings (SSSR count). The third-order valence-electron chi connectivity index (χ3n) is 6.84. The molecule has 1 fully saturated rings. The molecule has 178 valence electrons. The van der Waals surface area contributed by atoms with Crippen molar-refractivity contribution in [2.24, 2.45) is 0 Å². The molecule has 0 saturated carbocycles. The lowest BCUT2D eigenvalue weighted by Crippen LogP contribution is -2.52. The van der Waals surface area contributed by atoms with Gasteiger partial charge in [-0.1, -0.05) is 30.3 Å². The third kappa shape index (κ3) is 4.17. The zero-order valence-electron chi connectivity index (χ0n) is 20.0. The normalized spacial score (nSPS) is 16.5. The summed E-state index contributed by atoms with van der Waals surface area (Å²) in [7, 11) is 2.02. The molecular formula is C27H27N5O3. The van der Waals surface area contributed by atoms with E-state index in [-0.39, 0.29) is 17.4 Å². The predicted molar refractivity (Wildman–Crippen MR) is 138 cm³/mol. The molecule has 0 N–H and O–H groups in total. The molecule has 35 heavy (non-hydrogen) atoms. The lowest BCUT2D eigenvalue weighted by molar-refractivity contribution is -0.384. The Kier molecular flexibility index (Phi) is 5.82. The Morgan fingerprint density at radius 1 is 0.943 bits per heavy atom. The van der Waals surface area contributed by atoms with Gasteiger partial charge in [0.15, 0.2) is 0 Å². The number of aryl methyl sites for hydroxylation is 2. The topological polar surface area (TPSA) is 84.5 Å². The highest BCUT2D eigenvalue weighted by atomic mass is 16.6. The highest BCUT2D eigenvalue weighted by Crippen LogP contribution is 2.30. The summed E-state index contributed by atoms with van der Waals surface area (Å²) >= 11 is 0. The molecule has 0 radical (unpaired) electrons. The van der Waals surface area contributed by atoms with Gasteiger partial charge < -0.3 is 9.80 Å². The van der Waals surface area contributed by atoms with Gasteiger partial charge in [-0.05, 0) is 56.3 Å². The Morgan fingerprint density at radius 2 is 1.66 bits per heavy atom. The van der Waals surface area contributed by atoms with Gasteiger partial charge in [-0.15, -0.1) is 0 Å². The number of piperazine rings is 1. The fraction of sp³-hybridized carbons (Fsp3) is 0.259. The zero-order valence-corrected chi connectivity index (χ0v) is 20.0. The van der Waals surface area contributed by atoms with E-state index in [0.29, 0.717) is 18.5 Å². The molecule has 0 amide bonds. The Hall–Kier alpha value is -4.04. The lowest BCUT2D eigenvalue weighted by atomic mass is 10.0. The molecule has 1 atom stereocenters. The lowest BCUT2D eigenvalue weighted by Gasteiger charge is -2.41. The zero-order chi connectivity index (χ0) is 24.7. The average Bonchev–Trinajstić information content (AvgIpc) is 2.86. The van der Waals surface area contributed by atoms with E-state index in [0.717, 1.165) is 34.4 Å². The van der Waals surface area contributed by atoms with Crippen LogP contribution in [-0.4, -0.2) is 46.3 Å². The first-order chi connectivity index (χ1) is 16.8. The van der Waals surface area contributed by atoms with Crippen LogP contribution in [0.5, 0.6) is 0 Å². The highest BCUT2D eigenvalue weighted by Gasteiger charge is 2.30. The van der Waals surface area contributed by atoms with Crippen molar-refractivity contribution in [3.63, 3.8) is 0 Å². The van der Waals surface area contributed by atoms with Crippen LogP contribution in [0.1, 0.15) is 17.3 Å². The van der Waals surface area contributed by atoms with Crippen LogP contribution in [0.3, 0.4) is 0 Å². The van der Waals surface area contributed by atoms with Gasteiger partial charge in [-0.3, -0.25) is 14.9 Å². The van der Waals surface area contributed by atoms with Crippen molar-refractivity contribution in [1.29, 1.82) is 0 Å². The molecule has 1 aromatic heterocycles. The Labute approximate surface area is 203 Å². The van der Waals surface area contributed by atoms with E-state index >= 15 is 0 Å². The number of hydrogen-bond donors (Lipinski definition) is 0. The minimum absolute atomic E-state index is 0.0393. The number of fused-ring (bicyclic) bond motifs is 1. The van der Waals surface area contributed by atoms with Gasteiger partial charge in [0.1, 0.15) is 6.17 Å². The molecule has 0 spiro atoms. The number of aromatic nitrogens is 2. The number of anilines is 1. The van der Waals surface area contributed by atoms with Crippen LogP contribution < -0.4 is 10.5 Å². The van der Waals surface area contributed by atoms with Crippen molar-refractivity contribution in [1.82, 2.24) is 14.7 Å². The van der Waals surface area contributed by atoms with Crippen molar-refractivity contribution in [3.05, 3.63) is 98.3 Å². The number of hydrogen-bond acceptors (Lipinski definition) is 6. The van der Waals surface area contributed by atoms with Gasteiger partial charge in [0.2, 0.25) is 0 Å². The van der Waals surface area contributed by atoms with E-state index in [1.165, 1.54) is 17.7 Å². The molecule has 4 aromatic rings. The van der Waals surface area contributed by atoms with Crippen LogP contribution >= 0.6 is 0 Å². The van der Waals surface area contributed by atoms with E-state index in [1.54, 1.807) is 16.8 Å². The monoisotopic (exact) mass is 469 g/mol. The first kappa shape index (κ1) is 22.7. The predicted octanol–water partition coefficient (Wildman–Crippen LogP) is 4.54. The van der Waals surface area contributed by atoms with E-state index in [9.17, 15) is 14.9 Å². The standard InChI is InChI=1S/C27H27N5O3/c1-18-8-9-20(16-19(18)2)26-23-6-4-5-7-24(23)27(33)31(28-26)25-17-29(3)14-15-30(25)21-10-12-22(13-11-21)32(34)35/h4-13,16,25H,14-15,17H2,1-3H3/t25-/m1/s1. The van der Waals surface area contributed by atoms with Crippen LogP contribution in [0.15, 0.2) is 71.5 Å². The van der Waals surface area contributed by atoms with Crippen molar-refractivity contribution in [2.75, 3.05) is 31.6 Å². The molecule has 1 saturated heterocycles. The number of rotatable bonds is 4. The van der Waals surface area contributed by atoms with Gasteiger partial charge in [-0.2, -0.15) is 5.10 Å². The fourth-order valence-electron chi connectivity index (χ4n) is 4.68. The van der Waals surface area contributed by atoms with Crippen molar-refractivity contribution in [3.8, 4) is 11.3 Å². The van der Waals surface area contributed by atoms with Gasteiger partial charge in [0.05, 0.1) is 16.0 Å². The summed E-state index contributed by atoms with van der Waals surface area (Å²) in [6.45, 7) is 6.21. The molecule has 8 heteroatoms. The van der Waals surface area contributed by atoms with E-state index < -0.39 is 4.92 Å². The molecule has 0 aliphatic carbocycles. The SMILES string of the molecule is Cc1ccc(-c2nn([C@@H]3CN(C)CCN3c3ccc([N+](=O)[O-])cc3)c(=O)c3ccccc23)cc1C. The maximum Gasteiger partial charge on any atom is 0.276 e. The number of nitrogens with zero attached hydrogens (tertiary/aromatic N) is 5. The average molecular weight is 470 g/mol.